The van der Waals surface area contributed by atoms with Crippen LogP contribution in [0.4, 0.5) is 4.39 Å². The van der Waals surface area contributed by atoms with Crippen molar-refractivity contribution in [3.63, 3.8) is 0 Å². The lowest BCUT2D eigenvalue weighted by atomic mass is 9.78. The predicted molar refractivity (Wildman–Crippen MR) is 114 cm³/mol. The monoisotopic (exact) mass is 437 g/mol. The molecule has 0 bridgehead atoms. The number of hydrogen-bond acceptors (Lipinski definition) is 5. The number of pyridine rings is 1. The van der Waals surface area contributed by atoms with Crippen LogP contribution in [0.3, 0.4) is 0 Å². The SMILES string of the molecule is CC[C@@H](c1ccc(F)cc1)n1cc([C@H](NC(=O)c2cncc(C(=O)O)c2)C2CCC2)nn1. The molecule has 1 aliphatic carbocycles. The number of aromatic carboxylic acids is 1. The number of aromatic nitrogens is 4. The molecule has 2 N–H and O–H groups in total. The van der Waals surface area contributed by atoms with Gasteiger partial charge in [0.2, 0.25) is 0 Å². The zero-order chi connectivity index (χ0) is 22.7. The normalized spacial score (nSPS) is 15.6. The highest BCUT2D eigenvalue weighted by Crippen LogP contribution is 2.37. The van der Waals surface area contributed by atoms with Crippen LogP contribution in [0, 0.1) is 11.7 Å². The van der Waals surface area contributed by atoms with Gasteiger partial charge in [-0.05, 0) is 48.9 Å². The van der Waals surface area contributed by atoms with E-state index in [1.54, 1.807) is 16.8 Å². The maximum atomic E-state index is 13.3. The average molecular weight is 437 g/mol. The Balaban J connectivity index is 1.57. The molecule has 3 aromatic rings. The fourth-order valence-electron chi connectivity index (χ4n) is 3.96. The van der Waals surface area contributed by atoms with Gasteiger partial charge in [0.1, 0.15) is 11.5 Å². The van der Waals surface area contributed by atoms with Crippen LogP contribution in [0.25, 0.3) is 0 Å². The van der Waals surface area contributed by atoms with Crippen LogP contribution < -0.4 is 5.32 Å². The topological polar surface area (TPSA) is 110 Å². The number of benzene rings is 1. The smallest absolute Gasteiger partial charge is 0.337 e. The number of nitrogens with one attached hydrogen (secondary N) is 1. The Morgan fingerprint density at radius 3 is 2.56 bits per heavy atom. The third-order valence-electron chi connectivity index (χ3n) is 5.96. The summed E-state index contributed by atoms with van der Waals surface area (Å²) < 4.78 is 15.1. The van der Waals surface area contributed by atoms with Gasteiger partial charge >= 0.3 is 5.97 Å². The summed E-state index contributed by atoms with van der Waals surface area (Å²) in [6.07, 6.45) is 8.11. The number of carboxylic acids is 1. The van der Waals surface area contributed by atoms with Crippen LogP contribution in [0.5, 0.6) is 0 Å². The molecule has 1 fully saturated rings. The summed E-state index contributed by atoms with van der Waals surface area (Å²) >= 11 is 0. The zero-order valence-corrected chi connectivity index (χ0v) is 17.6. The molecule has 2 heterocycles. The molecular weight excluding hydrogens is 413 g/mol. The fraction of sp³-hybridized carbons (Fsp3) is 0.348. The zero-order valence-electron chi connectivity index (χ0n) is 17.6. The van der Waals surface area contributed by atoms with Gasteiger partial charge in [0.15, 0.2) is 0 Å². The van der Waals surface area contributed by atoms with Gasteiger partial charge in [-0.25, -0.2) is 13.9 Å². The van der Waals surface area contributed by atoms with Gasteiger partial charge in [-0.3, -0.25) is 9.78 Å². The molecule has 1 amide bonds. The van der Waals surface area contributed by atoms with E-state index >= 15 is 0 Å². The van der Waals surface area contributed by atoms with Crippen molar-refractivity contribution >= 4 is 11.9 Å². The average Bonchev–Trinajstić information content (AvgIpc) is 3.23. The highest BCUT2D eigenvalue weighted by Gasteiger charge is 2.32. The quantitative estimate of drug-likeness (QED) is 0.555. The number of hydrogen-bond donors (Lipinski definition) is 2. The number of amides is 1. The van der Waals surface area contributed by atoms with E-state index in [1.165, 1.54) is 30.6 Å². The van der Waals surface area contributed by atoms with E-state index in [0.717, 1.165) is 31.2 Å². The second kappa shape index (κ2) is 9.25. The summed E-state index contributed by atoms with van der Waals surface area (Å²) in [6, 6.07) is 7.17. The molecule has 32 heavy (non-hydrogen) atoms. The van der Waals surface area contributed by atoms with Crippen molar-refractivity contribution in [1.29, 1.82) is 0 Å². The van der Waals surface area contributed by atoms with Crippen molar-refractivity contribution in [3.05, 3.63) is 77.1 Å². The van der Waals surface area contributed by atoms with Crippen LogP contribution in [0.2, 0.25) is 0 Å². The largest absolute Gasteiger partial charge is 0.478 e. The van der Waals surface area contributed by atoms with Crippen LogP contribution >= 0.6 is 0 Å². The van der Waals surface area contributed by atoms with Crippen molar-refractivity contribution in [2.24, 2.45) is 5.92 Å². The molecule has 2 atom stereocenters. The van der Waals surface area contributed by atoms with Crippen molar-refractivity contribution < 1.29 is 19.1 Å². The summed E-state index contributed by atoms with van der Waals surface area (Å²) in [7, 11) is 0. The first kappa shape index (κ1) is 21.6. The van der Waals surface area contributed by atoms with E-state index in [0.29, 0.717) is 5.69 Å². The molecule has 0 aliphatic heterocycles. The second-order valence-corrected chi connectivity index (χ2v) is 8.01. The highest BCUT2D eigenvalue weighted by atomic mass is 19.1. The molecule has 9 heteroatoms. The summed E-state index contributed by atoms with van der Waals surface area (Å²) in [5.74, 6) is -1.61. The lowest BCUT2D eigenvalue weighted by Gasteiger charge is -2.33. The Kier molecular flexibility index (Phi) is 6.25. The lowest BCUT2D eigenvalue weighted by molar-refractivity contribution is 0.0696. The highest BCUT2D eigenvalue weighted by molar-refractivity contribution is 5.97. The first-order valence-electron chi connectivity index (χ1n) is 10.6. The van der Waals surface area contributed by atoms with Gasteiger partial charge in [-0.2, -0.15) is 0 Å². The van der Waals surface area contributed by atoms with E-state index in [-0.39, 0.29) is 34.9 Å². The Morgan fingerprint density at radius 1 is 1.22 bits per heavy atom. The standard InChI is InChI=1S/C23H24FN5O3/c1-2-20(14-6-8-18(24)9-7-14)29-13-19(27-28-29)21(15-4-3-5-15)26-22(30)16-10-17(23(31)32)12-25-11-16/h6-13,15,20-21H,2-5H2,1H3,(H,26,30)(H,31,32)/t20-,21+/m0/s1. The van der Waals surface area contributed by atoms with E-state index in [1.807, 2.05) is 13.1 Å². The van der Waals surface area contributed by atoms with Gasteiger partial charge < -0.3 is 10.4 Å². The minimum absolute atomic E-state index is 0.0473. The Bertz CT molecular complexity index is 1110. The van der Waals surface area contributed by atoms with Crippen LogP contribution in [-0.4, -0.2) is 37.0 Å². The maximum absolute atomic E-state index is 13.3. The molecular formula is C23H24FN5O3. The minimum atomic E-state index is -1.14. The van der Waals surface area contributed by atoms with Crippen molar-refractivity contribution in [2.45, 2.75) is 44.7 Å². The Hall–Kier alpha value is -3.62. The van der Waals surface area contributed by atoms with Gasteiger partial charge in [0, 0.05) is 12.4 Å². The maximum Gasteiger partial charge on any atom is 0.337 e. The van der Waals surface area contributed by atoms with Crippen molar-refractivity contribution in [3.8, 4) is 0 Å². The van der Waals surface area contributed by atoms with Crippen molar-refractivity contribution in [1.82, 2.24) is 25.3 Å². The Morgan fingerprint density at radius 2 is 1.94 bits per heavy atom. The molecule has 166 valence electrons. The first-order valence-corrected chi connectivity index (χ1v) is 10.6. The molecule has 1 aromatic carbocycles. The van der Waals surface area contributed by atoms with Gasteiger partial charge in [-0.1, -0.05) is 30.7 Å². The molecule has 1 aliphatic rings. The fourth-order valence-corrected chi connectivity index (χ4v) is 3.96. The van der Waals surface area contributed by atoms with Crippen LogP contribution in [0.1, 0.15) is 76.7 Å². The molecule has 4 rings (SSSR count). The summed E-state index contributed by atoms with van der Waals surface area (Å²) in [4.78, 5) is 27.9. The molecule has 0 radical (unpaired) electrons. The van der Waals surface area contributed by atoms with E-state index < -0.39 is 11.9 Å². The summed E-state index contributed by atoms with van der Waals surface area (Å²) in [5, 5.41) is 20.8. The van der Waals surface area contributed by atoms with E-state index in [9.17, 15) is 14.0 Å². The van der Waals surface area contributed by atoms with Gasteiger partial charge in [0.25, 0.3) is 5.91 Å². The minimum Gasteiger partial charge on any atom is -0.478 e. The molecule has 0 unspecified atom stereocenters. The number of carbonyl (C=O) groups excluding carboxylic acids is 1. The van der Waals surface area contributed by atoms with Crippen molar-refractivity contribution in [2.75, 3.05) is 0 Å². The van der Waals surface area contributed by atoms with Gasteiger partial charge in [-0.15, -0.1) is 5.10 Å². The first-order chi connectivity index (χ1) is 15.5. The second-order valence-electron chi connectivity index (χ2n) is 8.01. The number of nitrogens with zero attached hydrogens (tertiary/aromatic N) is 4. The molecule has 0 saturated heterocycles. The lowest BCUT2D eigenvalue weighted by Crippen LogP contribution is -2.36. The molecule has 8 nitrogen and oxygen atoms in total. The Labute approximate surface area is 184 Å². The molecule has 0 spiro atoms. The number of carbonyl (C=O) groups is 2. The number of carboxylic acid groups (broad SMARTS) is 1. The van der Waals surface area contributed by atoms with Gasteiger partial charge in [0.05, 0.1) is 29.4 Å². The molecule has 2 aromatic heterocycles. The summed E-state index contributed by atoms with van der Waals surface area (Å²) in [6.45, 7) is 2.02. The van der Waals surface area contributed by atoms with E-state index in [4.69, 9.17) is 5.11 Å². The van der Waals surface area contributed by atoms with Crippen LogP contribution in [0.15, 0.2) is 48.9 Å². The third kappa shape index (κ3) is 4.51. The summed E-state index contributed by atoms with van der Waals surface area (Å²) in [5.41, 5.74) is 1.70. The van der Waals surface area contributed by atoms with E-state index in [2.05, 4.69) is 20.6 Å². The van der Waals surface area contributed by atoms with Crippen LogP contribution in [-0.2, 0) is 0 Å². The molecule has 1 saturated carbocycles. The number of halogens is 1. The number of rotatable bonds is 8. The predicted octanol–water partition coefficient (Wildman–Crippen LogP) is 3.78. The third-order valence-corrected chi connectivity index (χ3v) is 5.96.